The molecule has 0 N–H and O–H groups in total. The van der Waals surface area contributed by atoms with Gasteiger partial charge in [-0.1, -0.05) is 6.07 Å². The van der Waals surface area contributed by atoms with Gasteiger partial charge < -0.3 is 14.4 Å². The van der Waals surface area contributed by atoms with Crippen LogP contribution in [0.15, 0.2) is 17.5 Å². The number of carbonyl (C=O) groups excluding carboxylic acids is 1. The van der Waals surface area contributed by atoms with Crippen molar-refractivity contribution in [3.63, 3.8) is 0 Å². The Bertz CT molecular complexity index is 438. The Hall–Kier alpha value is -0.910. The van der Waals surface area contributed by atoms with Crippen molar-refractivity contribution in [3.05, 3.63) is 22.4 Å². The van der Waals surface area contributed by atoms with E-state index < -0.39 is 0 Å². The largest absolute Gasteiger partial charge is 0.379 e. The summed E-state index contributed by atoms with van der Waals surface area (Å²) >= 11 is 1.51. The predicted molar refractivity (Wildman–Crippen MR) is 73.6 cm³/mol. The van der Waals surface area contributed by atoms with Crippen molar-refractivity contribution in [2.45, 2.75) is 31.0 Å². The summed E-state index contributed by atoms with van der Waals surface area (Å²) in [4.78, 5) is 15.0. The van der Waals surface area contributed by atoms with Crippen LogP contribution >= 0.6 is 11.3 Å². The molecule has 4 nitrogen and oxygen atoms in total. The summed E-state index contributed by atoms with van der Waals surface area (Å²) in [5.74, 6) is 0.158. The van der Waals surface area contributed by atoms with Gasteiger partial charge in [-0.3, -0.25) is 4.79 Å². The number of amides is 1. The topological polar surface area (TPSA) is 38.8 Å². The molecule has 5 heteroatoms. The summed E-state index contributed by atoms with van der Waals surface area (Å²) in [5.41, 5.74) is -0.0487. The highest BCUT2D eigenvalue weighted by molar-refractivity contribution is 7.12. The molecule has 1 amide bonds. The van der Waals surface area contributed by atoms with Crippen LogP contribution in [0, 0.1) is 0 Å². The molecule has 2 aliphatic heterocycles. The van der Waals surface area contributed by atoms with Gasteiger partial charge in [-0.15, -0.1) is 11.3 Å². The molecule has 0 bridgehead atoms. The Morgan fingerprint density at radius 1 is 1.53 bits per heavy atom. The van der Waals surface area contributed by atoms with E-state index >= 15 is 0 Å². The molecule has 3 heterocycles. The van der Waals surface area contributed by atoms with Crippen LogP contribution in [0.4, 0.5) is 0 Å². The predicted octanol–water partition coefficient (Wildman–Crippen LogP) is 2.16. The average molecular weight is 281 g/mol. The molecule has 2 saturated heterocycles. The Morgan fingerprint density at radius 3 is 2.89 bits per heavy atom. The number of thiophene rings is 1. The Labute approximate surface area is 117 Å². The number of methoxy groups -OCH3 is 1. The van der Waals surface area contributed by atoms with Crippen LogP contribution < -0.4 is 0 Å². The zero-order chi connectivity index (χ0) is 13.3. The molecular weight excluding hydrogens is 262 g/mol. The molecular formula is C14H19NO3S. The first-order valence-corrected chi connectivity index (χ1v) is 7.60. The lowest BCUT2D eigenvalue weighted by molar-refractivity contribution is -0.0401. The molecule has 104 valence electrons. The van der Waals surface area contributed by atoms with Crippen LogP contribution in [0.5, 0.6) is 0 Å². The summed E-state index contributed by atoms with van der Waals surface area (Å²) in [5, 5.41) is 1.95. The van der Waals surface area contributed by atoms with E-state index in [0.717, 1.165) is 37.2 Å². The molecule has 1 spiro atoms. The molecule has 1 atom stereocenters. The molecule has 0 radical (unpaired) electrons. The van der Waals surface area contributed by atoms with Crippen molar-refractivity contribution in [2.24, 2.45) is 0 Å². The van der Waals surface area contributed by atoms with Crippen LogP contribution in [0.1, 0.15) is 28.9 Å². The molecule has 2 aliphatic rings. The first-order valence-electron chi connectivity index (χ1n) is 6.72. The van der Waals surface area contributed by atoms with E-state index in [-0.39, 0.29) is 17.6 Å². The summed E-state index contributed by atoms with van der Waals surface area (Å²) in [6.07, 6.45) is 3.03. The van der Waals surface area contributed by atoms with Crippen LogP contribution in [0.25, 0.3) is 0 Å². The Kier molecular flexibility index (Phi) is 3.60. The number of piperidine rings is 1. The van der Waals surface area contributed by atoms with E-state index in [1.54, 1.807) is 7.11 Å². The first-order chi connectivity index (χ1) is 9.22. The molecule has 1 unspecified atom stereocenters. The van der Waals surface area contributed by atoms with Crippen molar-refractivity contribution in [1.82, 2.24) is 4.90 Å². The van der Waals surface area contributed by atoms with Gasteiger partial charge in [-0.25, -0.2) is 0 Å². The molecule has 19 heavy (non-hydrogen) atoms. The fourth-order valence-corrected chi connectivity index (χ4v) is 3.67. The minimum absolute atomic E-state index is 0.0487. The zero-order valence-corrected chi connectivity index (χ0v) is 11.9. The molecule has 0 aliphatic carbocycles. The molecule has 0 saturated carbocycles. The molecule has 3 rings (SSSR count). The van der Waals surface area contributed by atoms with Gasteiger partial charge in [0.15, 0.2) is 0 Å². The number of ether oxygens (including phenoxy) is 2. The zero-order valence-electron chi connectivity index (χ0n) is 11.1. The Morgan fingerprint density at radius 2 is 2.32 bits per heavy atom. The van der Waals surface area contributed by atoms with Gasteiger partial charge in [-0.2, -0.15) is 0 Å². The van der Waals surface area contributed by atoms with Crippen molar-refractivity contribution in [1.29, 1.82) is 0 Å². The smallest absolute Gasteiger partial charge is 0.263 e. The highest BCUT2D eigenvalue weighted by Gasteiger charge is 2.43. The summed E-state index contributed by atoms with van der Waals surface area (Å²) < 4.78 is 11.3. The van der Waals surface area contributed by atoms with Crippen LogP contribution in [-0.4, -0.2) is 49.3 Å². The molecule has 1 aromatic rings. The monoisotopic (exact) mass is 281 g/mol. The second-order valence-electron chi connectivity index (χ2n) is 5.33. The number of nitrogens with zero attached hydrogens (tertiary/aromatic N) is 1. The molecule has 2 fully saturated rings. The first kappa shape index (κ1) is 13.1. The average Bonchev–Trinajstić information content (AvgIpc) is 3.09. The van der Waals surface area contributed by atoms with Gasteiger partial charge in [0.25, 0.3) is 5.91 Å². The molecule has 1 aromatic heterocycles. The van der Waals surface area contributed by atoms with Gasteiger partial charge in [0.2, 0.25) is 0 Å². The van der Waals surface area contributed by atoms with Crippen LogP contribution in [0.3, 0.4) is 0 Å². The highest BCUT2D eigenvalue weighted by atomic mass is 32.1. The van der Waals surface area contributed by atoms with Crippen molar-refractivity contribution >= 4 is 17.2 Å². The van der Waals surface area contributed by atoms with Gasteiger partial charge in [0.1, 0.15) is 0 Å². The minimum Gasteiger partial charge on any atom is -0.379 e. The second-order valence-corrected chi connectivity index (χ2v) is 6.27. The number of rotatable bonds is 2. The van der Waals surface area contributed by atoms with Gasteiger partial charge >= 0.3 is 0 Å². The van der Waals surface area contributed by atoms with E-state index in [0.29, 0.717) is 6.61 Å². The summed E-state index contributed by atoms with van der Waals surface area (Å²) in [7, 11) is 1.74. The van der Waals surface area contributed by atoms with Crippen LogP contribution in [0.2, 0.25) is 0 Å². The fraction of sp³-hybridized carbons (Fsp3) is 0.643. The number of carbonyl (C=O) groups is 1. The van der Waals surface area contributed by atoms with Crippen molar-refractivity contribution in [2.75, 3.05) is 26.8 Å². The third kappa shape index (κ3) is 2.55. The van der Waals surface area contributed by atoms with Crippen molar-refractivity contribution < 1.29 is 14.3 Å². The normalized spacial score (nSPS) is 25.9. The lowest BCUT2D eigenvalue weighted by Gasteiger charge is -2.38. The highest BCUT2D eigenvalue weighted by Crippen LogP contribution is 2.37. The van der Waals surface area contributed by atoms with Gasteiger partial charge in [-0.05, 0) is 24.3 Å². The van der Waals surface area contributed by atoms with E-state index in [1.165, 1.54) is 11.3 Å². The SMILES string of the molecule is COC1COC2(CCN(C(=O)c3cccs3)CC2)C1. The van der Waals surface area contributed by atoms with Gasteiger partial charge in [0.05, 0.1) is 23.2 Å². The maximum Gasteiger partial charge on any atom is 0.263 e. The number of likely N-dealkylation sites (tertiary alicyclic amines) is 1. The third-order valence-electron chi connectivity index (χ3n) is 4.20. The minimum atomic E-state index is -0.0487. The lowest BCUT2D eigenvalue weighted by atomic mass is 9.88. The maximum atomic E-state index is 12.3. The van der Waals surface area contributed by atoms with E-state index in [1.807, 2.05) is 22.4 Å². The quantitative estimate of drug-likeness (QED) is 0.834. The maximum absolute atomic E-state index is 12.3. The Balaban J connectivity index is 1.59. The van der Waals surface area contributed by atoms with E-state index in [9.17, 15) is 4.79 Å². The van der Waals surface area contributed by atoms with E-state index in [2.05, 4.69) is 0 Å². The standard InChI is InChI=1S/C14H19NO3S/c1-17-11-9-14(18-10-11)4-6-15(7-5-14)13(16)12-3-2-8-19-12/h2-3,8,11H,4-7,9-10H2,1H3. The lowest BCUT2D eigenvalue weighted by Crippen LogP contribution is -2.46. The van der Waals surface area contributed by atoms with Crippen molar-refractivity contribution in [3.8, 4) is 0 Å². The van der Waals surface area contributed by atoms with Gasteiger partial charge in [0, 0.05) is 26.6 Å². The fourth-order valence-electron chi connectivity index (χ4n) is 2.98. The molecule has 0 aromatic carbocycles. The summed E-state index contributed by atoms with van der Waals surface area (Å²) in [6, 6.07) is 3.82. The number of hydrogen-bond acceptors (Lipinski definition) is 4. The summed E-state index contributed by atoms with van der Waals surface area (Å²) in [6.45, 7) is 2.26. The second kappa shape index (κ2) is 5.23. The number of hydrogen-bond donors (Lipinski definition) is 0. The van der Waals surface area contributed by atoms with Crippen LogP contribution in [-0.2, 0) is 9.47 Å². The van der Waals surface area contributed by atoms with E-state index in [4.69, 9.17) is 9.47 Å². The third-order valence-corrected chi connectivity index (χ3v) is 5.06.